The number of amides is 2. The van der Waals surface area contributed by atoms with E-state index in [-0.39, 0.29) is 107 Å². The lowest BCUT2D eigenvalue weighted by molar-refractivity contribution is -0.148. The summed E-state index contributed by atoms with van der Waals surface area (Å²) in [6, 6.07) is 0. The Bertz CT molecular complexity index is 1540. The Morgan fingerprint density at radius 2 is 0.775 bits per heavy atom. The van der Waals surface area contributed by atoms with Crippen LogP contribution in [0, 0.1) is 23.7 Å². The maximum atomic E-state index is 12.6. The number of ether oxygens (including phenoxy) is 9. The van der Waals surface area contributed by atoms with Crippen molar-refractivity contribution in [1.82, 2.24) is 9.80 Å². The molecular weight excluding hydrogens is 949 g/mol. The largest absolute Gasteiger partial charge is 0.463 e. The molecule has 0 unspecified atom stereocenters. The zero-order valence-corrected chi connectivity index (χ0v) is 47.4. The van der Waals surface area contributed by atoms with Crippen molar-refractivity contribution in [2.24, 2.45) is 0 Å². The summed E-state index contributed by atoms with van der Waals surface area (Å²) in [4.78, 5) is 53.6. The van der Waals surface area contributed by atoms with Crippen LogP contribution in [0.5, 0.6) is 0 Å². The summed E-state index contributed by atoms with van der Waals surface area (Å²) in [7, 11) is -3.77. The molecule has 0 radical (unpaired) electrons. The summed E-state index contributed by atoms with van der Waals surface area (Å²) in [6.45, 7) is 28.9. The Hall–Kier alpha value is -2.93. The average Bonchev–Trinajstić information content (AvgIpc) is 3.27. The Kier molecular flexibility index (Phi) is 32.6. The molecule has 0 aromatic carbocycles. The minimum absolute atomic E-state index is 0.0110. The highest BCUT2D eigenvalue weighted by Crippen LogP contribution is 2.37. The predicted octanol–water partition coefficient (Wildman–Crippen LogP) is 6.56. The van der Waals surface area contributed by atoms with Crippen LogP contribution in [0.3, 0.4) is 0 Å². The van der Waals surface area contributed by atoms with E-state index in [1.165, 1.54) is 0 Å². The highest BCUT2D eigenvalue weighted by atomic mass is 28.4. The first kappa shape index (κ1) is 64.2. The van der Waals surface area contributed by atoms with Crippen molar-refractivity contribution in [1.29, 1.82) is 0 Å². The fraction of sp³-hybridized carbons (Fsp3) is 0.846. The van der Waals surface area contributed by atoms with Crippen molar-refractivity contribution < 1.29 is 70.7 Å². The van der Waals surface area contributed by atoms with Gasteiger partial charge in [0.15, 0.2) is 16.6 Å². The van der Waals surface area contributed by atoms with Crippen LogP contribution >= 0.6 is 0 Å². The molecule has 2 aliphatic rings. The van der Waals surface area contributed by atoms with Gasteiger partial charge in [-0.3, -0.25) is 19.2 Å². The SMILES string of the molecule is CC(C)(C)[Si](C)(C)OCCOCC(COCCO[Si](C)(C)C(C)(C)C)OCCOCCOC(COCCOC(=O)CCC(=O)N1CCC#CCCC1)COCCOC(=O)CCC(=O)N1CCC#CCCC1. The van der Waals surface area contributed by atoms with E-state index in [2.05, 4.69) is 91.4 Å². The number of hydrogen-bond donors (Lipinski definition) is 0. The Morgan fingerprint density at radius 3 is 1.14 bits per heavy atom. The average molecular weight is 1040 g/mol. The van der Waals surface area contributed by atoms with E-state index in [0.717, 1.165) is 25.7 Å². The van der Waals surface area contributed by atoms with E-state index in [9.17, 15) is 19.2 Å². The van der Waals surface area contributed by atoms with Crippen molar-refractivity contribution in [2.75, 3.05) is 132 Å². The van der Waals surface area contributed by atoms with Crippen LogP contribution in [0.1, 0.15) is 106 Å². The Balaban J connectivity index is 1.80. The molecule has 0 fully saturated rings. The molecule has 2 amide bonds. The second-order valence-electron chi connectivity index (χ2n) is 20.7. The van der Waals surface area contributed by atoms with Crippen molar-refractivity contribution in [3.63, 3.8) is 0 Å². The number of hydrogen-bond acceptors (Lipinski definition) is 15. The van der Waals surface area contributed by atoms with Gasteiger partial charge in [-0.05, 0) is 49.1 Å². The lowest BCUT2D eigenvalue weighted by atomic mass is 10.2. The molecule has 0 aromatic heterocycles. The van der Waals surface area contributed by atoms with Gasteiger partial charge in [0.2, 0.25) is 11.8 Å². The van der Waals surface area contributed by atoms with E-state index < -0.39 is 34.7 Å². The lowest BCUT2D eigenvalue weighted by Crippen LogP contribution is -2.42. The third-order valence-electron chi connectivity index (χ3n) is 12.9. The van der Waals surface area contributed by atoms with Gasteiger partial charge in [-0.15, -0.1) is 23.7 Å². The summed E-state index contributed by atoms with van der Waals surface area (Å²) in [5.74, 6) is 11.2. The van der Waals surface area contributed by atoms with Gasteiger partial charge in [-0.1, -0.05) is 41.5 Å². The Morgan fingerprint density at radius 1 is 0.437 bits per heavy atom. The van der Waals surface area contributed by atoms with Crippen LogP contribution in [0.15, 0.2) is 0 Å². The van der Waals surface area contributed by atoms with E-state index in [4.69, 9.17) is 51.5 Å². The van der Waals surface area contributed by atoms with Gasteiger partial charge in [-0.25, -0.2) is 0 Å². The van der Waals surface area contributed by atoms with Gasteiger partial charge in [0, 0.05) is 64.7 Å². The normalized spacial score (nSPS) is 15.0. The van der Waals surface area contributed by atoms with Gasteiger partial charge in [0.25, 0.3) is 0 Å². The van der Waals surface area contributed by atoms with E-state index in [1.54, 1.807) is 9.80 Å². The third-order valence-corrected chi connectivity index (χ3v) is 21.9. The molecule has 0 aromatic rings. The smallest absolute Gasteiger partial charge is 0.306 e. The molecule has 408 valence electrons. The van der Waals surface area contributed by atoms with E-state index in [0.29, 0.717) is 91.9 Å². The number of nitrogens with zero attached hydrogens (tertiary/aromatic N) is 2. The summed E-state index contributed by atoms with van der Waals surface area (Å²) in [5.41, 5.74) is 0. The number of esters is 2. The van der Waals surface area contributed by atoms with Crippen molar-refractivity contribution >= 4 is 40.4 Å². The lowest BCUT2D eigenvalue weighted by Gasteiger charge is -2.36. The second-order valence-corrected chi connectivity index (χ2v) is 30.4. The van der Waals surface area contributed by atoms with Gasteiger partial charge in [0.1, 0.15) is 25.4 Å². The molecule has 71 heavy (non-hydrogen) atoms. The molecule has 0 N–H and O–H groups in total. The van der Waals surface area contributed by atoms with E-state index in [1.807, 2.05) is 0 Å². The molecule has 0 spiro atoms. The highest BCUT2D eigenvalue weighted by Gasteiger charge is 2.38. The molecule has 2 heterocycles. The minimum Gasteiger partial charge on any atom is -0.463 e. The molecule has 17 nitrogen and oxygen atoms in total. The molecule has 0 bridgehead atoms. The maximum absolute atomic E-state index is 12.6. The first-order chi connectivity index (χ1) is 33.7. The van der Waals surface area contributed by atoms with Crippen LogP contribution in [0.4, 0.5) is 0 Å². The molecule has 2 rings (SSSR count). The topological polar surface area (TPSA) is 176 Å². The maximum Gasteiger partial charge on any atom is 0.306 e. The van der Waals surface area contributed by atoms with Crippen LogP contribution in [-0.4, -0.2) is 194 Å². The van der Waals surface area contributed by atoms with Crippen LogP contribution < -0.4 is 0 Å². The van der Waals surface area contributed by atoms with Crippen molar-refractivity contribution in [3.8, 4) is 23.7 Å². The van der Waals surface area contributed by atoms with Gasteiger partial charge in [-0.2, -0.15) is 0 Å². The number of carbonyl (C=O) groups excluding carboxylic acids is 4. The van der Waals surface area contributed by atoms with Gasteiger partial charge < -0.3 is 61.3 Å². The number of carbonyl (C=O) groups is 4. The van der Waals surface area contributed by atoms with Crippen LogP contribution in [0.2, 0.25) is 36.3 Å². The van der Waals surface area contributed by atoms with Crippen LogP contribution in [0.25, 0.3) is 0 Å². The second kappa shape index (κ2) is 36.1. The number of rotatable bonds is 36. The summed E-state index contributed by atoms with van der Waals surface area (Å²) >= 11 is 0. The zero-order valence-electron chi connectivity index (χ0n) is 45.4. The molecule has 2 aliphatic heterocycles. The van der Waals surface area contributed by atoms with Gasteiger partial charge in [0.05, 0.1) is 105 Å². The molecule has 0 aliphatic carbocycles. The monoisotopic (exact) mass is 1040 g/mol. The van der Waals surface area contributed by atoms with E-state index >= 15 is 0 Å². The zero-order chi connectivity index (χ0) is 52.4. The summed E-state index contributed by atoms with van der Waals surface area (Å²) < 4.78 is 64.8. The van der Waals surface area contributed by atoms with Gasteiger partial charge >= 0.3 is 11.9 Å². The van der Waals surface area contributed by atoms with Crippen molar-refractivity contribution in [3.05, 3.63) is 0 Å². The van der Waals surface area contributed by atoms with Crippen molar-refractivity contribution in [2.45, 2.75) is 154 Å². The Labute approximate surface area is 429 Å². The summed E-state index contributed by atoms with van der Waals surface area (Å²) in [5, 5.41) is 0.231. The first-order valence-corrected chi connectivity index (χ1v) is 31.7. The molecule has 19 heteroatoms. The highest BCUT2D eigenvalue weighted by molar-refractivity contribution is 6.74. The fourth-order valence-corrected chi connectivity index (χ4v) is 8.48. The third kappa shape index (κ3) is 30.1. The van der Waals surface area contributed by atoms with Crippen LogP contribution in [-0.2, 0) is 70.7 Å². The summed E-state index contributed by atoms with van der Waals surface area (Å²) in [6.07, 6.45) is 3.77. The molecule has 0 saturated heterocycles. The first-order valence-electron chi connectivity index (χ1n) is 25.9. The molecule has 0 saturated carbocycles. The molecular formula is C52H92N2O15Si2. The molecule has 0 atom stereocenters. The standard InChI is InChI=1S/C52H92N2O15Si2/c1-51(2,3)70(7,8)68-39-33-62-43-46(44-63-34-40-69-71(9,10)52(4,5)6)65-36-30-59-29-35-64-45(41-60-31-37-66-49(57)23-21-47(55)53-25-17-13-11-14-18-26-53)42-61-32-38-67-50(58)24-22-48(56)54-27-19-15-12-16-20-28-54/h45-46H,13,15,17-44H2,1-10H3. The quantitative estimate of drug-likeness (QED) is 0.0285. The fourth-order valence-electron chi connectivity index (χ4n) is 6.42. The minimum atomic E-state index is -1.88. The predicted molar refractivity (Wildman–Crippen MR) is 277 cm³/mol.